The van der Waals surface area contributed by atoms with Gasteiger partial charge in [-0.3, -0.25) is 59.7 Å². The van der Waals surface area contributed by atoms with Crippen molar-refractivity contribution in [2.45, 2.75) is 79.6 Å². The first-order chi connectivity index (χ1) is 63.9. The van der Waals surface area contributed by atoms with Crippen LogP contribution >= 0.6 is 91.5 Å². The van der Waals surface area contributed by atoms with Gasteiger partial charge in [-0.05, 0) is 150 Å². The van der Waals surface area contributed by atoms with Crippen LogP contribution in [0.1, 0.15) is 118 Å². The molecule has 0 saturated heterocycles. The van der Waals surface area contributed by atoms with Crippen molar-refractivity contribution >= 4 is 189 Å². The standard InChI is InChI=1S/C19H16FN5O3S.C11H8FN3O2.C9H8ClNO3.C9H12N2O2S.2C8H10N2O2S.C8H6N2O2S.C5H5ClN2.C4H8O2.C3H3ClO3.CH4.Li.2H2O/c1-24-9-8-16-14(10-24)22-19(29-16)18(26)23-17-15(25(27)28)7-6-13(21-17)11-2-4-12(20)5-3-11;12-8-3-1-7(2-4-8)9-5-6-10(15(16)17)11(13)14-9;1-14-9(13)8(12)4-6-5-11-3-2-7(6)10;1-11-4-3-7-6(5-11)10-8(14-7)9(12)13-2;1-10-3-2-6-5(4-10)9-7(13-6)8(11)12;2*1-12-8(11)7-10-5-4-9-3-2-6(5)13-7;6-4-1-2-8-3-5(4)7;1-3-6-4(2)5;1-7-3(6)2(4)5;;;;/h2-7H,8-10H2,1H3,(H,21,23,26);1-6H,(H2,13,14);2-3,5H,4H2,1H3;3-5H2,1-2H3;2-4H2,1H3,(H,11,12);9H,2-4H2,1H3;2-4H,1H3;1-3H,7H2;3H2,1-2H3;1H3;1H4;;2*1H2/q;;;;;;;;;;;+1;;/p-1. The number of likely N-dealkylation sites (N-methyl/N-ethyl adjacent to an activating group) is 3. The van der Waals surface area contributed by atoms with E-state index in [0.717, 1.165) is 128 Å². The molecule has 53 heteroatoms. The number of ether oxygens (including phenoxy) is 6. The summed E-state index contributed by atoms with van der Waals surface area (Å²) >= 11 is 22.7. The zero-order valence-corrected chi connectivity index (χ0v) is 81.2. The normalized spacial score (nSPS) is 12.0. The Kier molecular flexibility index (Phi) is 51.9. The fraction of sp³-hybridized carbons (Fsp3) is 0.294. The number of hydrogen-bond acceptors (Lipinski definition) is 42. The molecule has 0 radical (unpaired) electrons. The van der Waals surface area contributed by atoms with Crippen LogP contribution in [0, 0.1) is 31.9 Å². The van der Waals surface area contributed by atoms with Gasteiger partial charge in [-0.2, -0.15) is 0 Å². The number of benzene rings is 2. The molecule has 14 heterocycles. The summed E-state index contributed by atoms with van der Waals surface area (Å²) in [5.74, 6) is -6.35. The molecule has 12 aromatic rings. The molecule has 0 unspecified atom stereocenters. The second-order valence-corrected chi connectivity index (χ2v) is 33.9. The third kappa shape index (κ3) is 37.6. The second-order valence-electron chi connectivity index (χ2n) is 27.4. The number of amides is 1. The quantitative estimate of drug-likeness (QED) is 0.0121. The number of nitro groups is 2. The number of thiazole rings is 5. The number of nitrogens with zero attached hydrogens (tertiary/aromatic N) is 15. The van der Waals surface area contributed by atoms with Gasteiger partial charge in [0.2, 0.25) is 37.4 Å². The molecule has 0 spiro atoms. The van der Waals surface area contributed by atoms with Gasteiger partial charge in [0.15, 0.2) is 5.01 Å². The van der Waals surface area contributed by atoms with Crippen molar-refractivity contribution in [3.05, 3.63) is 243 Å². The number of esters is 6. The molecule has 1 amide bonds. The van der Waals surface area contributed by atoms with Gasteiger partial charge in [-0.25, -0.2) is 72.4 Å². The Morgan fingerprint density at radius 2 is 0.971 bits per heavy atom. The van der Waals surface area contributed by atoms with Crippen LogP contribution in [-0.2, 0) is 111 Å². The van der Waals surface area contributed by atoms with Crippen molar-refractivity contribution in [2.24, 2.45) is 0 Å². The van der Waals surface area contributed by atoms with Gasteiger partial charge < -0.3 is 76.0 Å². The number of Topliss-reactive ketones (excluding diaryl/α,β-unsaturated/α-hetero) is 1. The third-order valence-corrected chi connectivity index (χ3v) is 24.2. The van der Waals surface area contributed by atoms with E-state index in [-0.39, 0.29) is 100 Å². The molecule has 2 aromatic carbocycles. The number of methoxy groups -OCH3 is 5. The summed E-state index contributed by atoms with van der Waals surface area (Å²) < 4.78 is 53.2. The van der Waals surface area contributed by atoms with E-state index in [1.807, 2.05) is 20.2 Å². The number of rotatable bonds is 15. The molecule has 0 aliphatic carbocycles. The van der Waals surface area contributed by atoms with E-state index >= 15 is 0 Å². The van der Waals surface area contributed by atoms with E-state index in [1.165, 1.54) is 186 Å². The van der Waals surface area contributed by atoms with Crippen LogP contribution < -0.4 is 41.0 Å². The van der Waals surface area contributed by atoms with E-state index < -0.39 is 56.5 Å². The SMILES string of the molecule is C.CCOC(C)=O.CN1CCc2sc(C(=O)Nc3nc(-c4ccc(F)cc4)ccc3[N+](=O)[O-])nc2C1.CN1CCc2sc(C(=O)O)nc2C1.COC(=O)C(=O)Cc1cnccc1Cl.COC(=O)C(=O)Cl.COC(=O)c1nc2c(s1)CCN(C)C2.COC(=O)c1nc2c(s1)CCNC2.COC(=O)c1nc2cnccc2s1.Nc1cnccc1Cl.Nc1nc(-c2ccc(F)cc2)ccc1[N+](=O)[O-].O.[Li+].[OH-]. The maximum atomic E-state index is 13.2. The smallest absolute Gasteiger partial charge is 0.870 e. The number of fused-ring (bicyclic) bond motifs is 5. The van der Waals surface area contributed by atoms with Crippen LogP contribution in [0.4, 0.5) is 37.5 Å². The fourth-order valence-electron chi connectivity index (χ4n) is 11.2. The zero-order valence-electron chi connectivity index (χ0n) is 74.9. The first-order valence-electron chi connectivity index (χ1n) is 39.1. The van der Waals surface area contributed by atoms with E-state index in [0.29, 0.717) is 72.0 Å². The van der Waals surface area contributed by atoms with E-state index in [1.54, 1.807) is 37.6 Å². The number of carboxylic acids is 1. The summed E-state index contributed by atoms with van der Waals surface area (Å²) in [6.45, 7) is 10.6. The number of hydrogen-bond donors (Lipinski definition) is 5. The number of nitrogens with one attached hydrogen (secondary N) is 2. The van der Waals surface area contributed by atoms with Gasteiger partial charge in [0.1, 0.15) is 17.2 Å². The summed E-state index contributed by atoms with van der Waals surface area (Å²) in [6.07, 6.45) is 13.0. The maximum Gasteiger partial charge on any atom is 1.00 e. The van der Waals surface area contributed by atoms with Crippen molar-refractivity contribution in [2.75, 3.05) is 106 Å². The first kappa shape index (κ1) is 119. The third-order valence-electron chi connectivity index (χ3n) is 17.8. The molecule has 10 aromatic heterocycles. The van der Waals surface area contributed by atoms with Crippen LogP contribution in [0.2, 0.25) is 10.0 Å². The monoisotopic (exact) mass is 2060 g/mol. The summed E-state index contributed by atoms with van der Waals surface area (Å²) in [5.41, 5.74) is 17.9. The zero-order chi connectivity index (χ0) is 98.4. The van der Waals surface area contributed by atoms with Crippen LogP contribution in [0.25, 0.3) is 32.7 Å². The van der Waals surface area contributed by atoms with Crippen molar-refractivity contribution in [1.29, 1.82) is 0 Å². The number of aromatic nitrogens is 10. The number of anilines is 3. The number of pyridine rings is 5. The Hall–Kier alpha value is -12.8. The Morgan fingerprint density at radius 3 is 1.38 bits per heavy atom. The molecule has 10 N–H and O–H groups in total. The summed E-state index contributed by atoms with van der Waals surface area (Å²) in [4.78, 5) is 180. The average molecular weight is 2060 g/mol. The number of carboxylic acid groups (broad SMARTS) is 1. The van der Waals surface area contributed by atoms with Gasteiger partial charge >= 0.3 is 77.3 Å². The van der Waals surface area contributed by atoms with Gasteiger partial charge in [-0.15, -0.1) is 56.7 Å². The molecule has 42 nitrogen and oxygen atoms in total. The molecule has 0 fully saturated rings. The number of ketones is 1. The molecular weight excluding hydrogens is 1970 g/mol. The van der Waals surface area contributed by atoms with Crippen molar-refractivity contribution < 1.29 is 130 Å². The fourth-order valence-corrected chi connectivity index (χ4v) is 16.2. The van der Waals surface area contributed by atoms with E-state index in [2.05, 4.69) is 122 Å². The van der Waals surface area contributed by atoms with Gasteiger partial charge in [0, 0.05) is 138 Å². The minimum absolute atomic E-state index is 0. The van der Waals surface area contributed by atoms with Crippen molar-refractivity contribution in [3.8, 4) is 22.5 Å². The molecule has 0 saturated carbocycles. The number of halogens is 5. The van der Waals surface area contributed by atoms with Crippen LogP contribution in [-0.4, -0.2) is 239 Å². The first-order valence-corrected chi connectivity index (χ1v) is 44.3. The minimum atomic E-state index is -1.09. The van der Waals surface area contributed by atoms with E-state index in [4.69, 9.17) is 39.8 Å². The van der Waals surface area contributed by atoms with Crippen LogP contribution in [0.3, 0.4) is 0 Å². The number of nitrogen functional groups attached to an aromatic ring is 2. The summed E-state index contributed by atoms with van der Waals surface area (Å²) in [7, 11) is 12.4. The van der Waals surface area contributed by atoms with Crippen molar-refractivity contribution in [1.82, 2.24) is 69.9 Å². The molecule has 16 rings (SSSR count). The Bertz CT molecular complexity index is 6070. The minimum Gasteiger partial charge on any atom is -0.870 e. The average Bonchev–Trinajstić information content (AvgIpc) is 1.58. The molecule has 4 aliphatic rings. The molecular formula is C85H93Cl3F2LiN19O23S5. The van der Waals surface area contributed by atoms with Gasteiger partial charge in [0.05, 0.1) is 114 Å². The largest absolute Gasteiger partial charge is 1.00 e. The molecule has 732 valence electrons. The Balaban J connectivity index is 0.000000405. The van der Waals surface area contributed by atoms with Gasteiger partial charge in [0.25, 0.3) is 5.91 Å². The molecule has 138 heavy (non-hydrogen) atoms. The number of aromatic carboxylic acids is 1. The summed E-state index contributed by atoms with van der Waals surface area (Å²) in [5, 5.41) is 38.0. The van der Waals surface area contributed by atoms with Crippen LogP contribution in [0.5, 0.6) is 0 Å². The predicted octanol–water partition coefficient (Wildman–Crippen LogP) is 9.14. The topological polar surface area (TPSA) is 609 Å². The second kappa shape index (κ2) is 60.0. The number of nitrogens with two attached hydrogens (primary N) is 2. The Labute approximate surface area is 834 Å². The summed E-state index contributed by atoms with van der Waals surface area (Å²) in [6, 6.07) is 21.7. The van der Waals surface area contributed by atoms with Crippen molar-refractivity contribution in [3.63, 3.8) is 0 Å². The molecule has 0 atom stereocenters. The Morgan fingerprint density at radius 1 is 0.543 bits per heavy atom. The molecule has 4 aliphatic heterocycles. The van der Waals surface area contributed by atoms with Crippen LogP contribution in [0.15, 0.2) is 128 Å². The molecule has 0 bridgehead atoms. The number of carbonyl (C=O) groups excluding carboxylic acids is 9. The number of carbonyl (C=O) groups is 10. The van der Waals surface area contributed by atoms with E-state index in [9.17, 15) is 77.0 Å². The predicted molar refractivity (Wildman–Crippen MR) is 508 cm³/mol. The maximum absolute atomic E-state index is 13.2. The van der Waals surface area contributed by atoms with Gasteiger partial charge in [-0.1, -0.05) is 30.6 Å².